The molecule has 0 N–H and O–H groups in total. The third-order valence-corrected chi connectivity index (χ3v) is 3.25. The van der Waals surface area contributed by atoms with E-state index in [2.05, 4.69) is 27.6 Å². The zero-order valence-corrected chi connectivity index (χ0v) is 10.2. The van der Waals surface area contributed by atoms with Crippen molar-refractivity contribution in [3.05, 3.63) is 30.3 Å². The summed E-state index contributed by atoms with van der Waals surface area (Å²) in [6.07, 6.45) is 0.968. The maximum absolute atomic E-state index is 10.8. The number of hydrogen-bond donors (Lipinski definition) is 0. The molecule has 0 aromatic heterocycles. The molecule has 0 atom stereocenters. The SMILES string of the molecule is COC(=O)CCC#C[Se]c1ccccc1. The van der Waals surface area contributed by atoms with Gasteiger partial charge in [0, 0.05) is 0 Å². The topological polar surface area (TPSA) is 26.3 Å². The molecule has 0 aliphatic heterocycles. The van der Waals surface area contributed by atoms with Crippen LogP contribution < -0.4 is 4.46 Å². The van der Waals surface area contributed by atoms with Crippen molar-refractivity contribution in [2.24, 2.45) is 0 Å². The summed E-state index contributed by atoms with van der Waals surface area (Å²) >= 11 is 0.192. The van der Waals surface area contributed by atoms with Crippen molar-refractivity contribution in [3.8, 4) is 10.7 Å². The average molecular weight is 267 g/mol. The van der Waals surface area contributed by atoms with Gasteiger partial charge in [-0.25, -0.2) is 0 Å². The summed E-state index contributed by atoms with van der Waals surface area (Å²) in [7, 11) is 1.39. The number of ether oxygens (including phenoxy) is 1. The Kier molecular flexibility index (Phi) is 5.62. The van der Waals surface area contributed by atoms with E-state index in [-0.39, 0.29) is 20.9 Å². The fourth-order valence-electron chi connectivity index (χ4n) is 0.901. The van der Waals surface area contributed by atoms with Crippen molar-refractivity contribution in [2.75, 3.05) is 7.11 Å². The monoisotopic (exact) mass is 268 g/mol. The van der Waals surface area contributed by atoms with Crippen LogP contribution in [0.25, 0.3) is 0 Å². The van der Waals surface area contributed by atoms with Crippen LogP contribution in [0, 0.1) is 10.7 Å². The molecule has 0 amide bonds. The van der Waals surface area contributed by atoms with Gasteiger partial charge in [0.1, 0.15) is 0 Å². The van der Waals surface area contributed by atoms with Gasteiger partial charge in [-0.2, -0.15) is 0 Å². The second-order valence-corrected chi connectivity index (χ2v) is 4.62. The number of methoxy groups -OCH3 is 1. The summed E-state index contributed by atoms with van der Waals surface area (Å²) in [5.74, 6) is 2.78. The van der Waals surface area contributed by atoms with Crippen LogP contribution in [0.5, 0.6) is 0 Å². The fourth-order valence-corrected chi connectivity index (χ4v) is 2.13. The first-order valence-electron chi connectivity index (χ1n) is 4.59. The normalized spacial score (nSPS) is 8.87. The third kappa shape index (κ3) is 5.27. The fraction of sp³-hybridized carbons (Fsp3) is 0.250. The van der Waals surface area contributed by atoms with E-state index in [1.807, 2.05) is 18.2 Å². The van der Waals surface area contributed by atoms with E-state index in [0.29, 0.717) is 12.8 Å². The summed E-state index contributed by atoms with van der Waals surface area (Å²) in [6, 6.07) is 10.1. The molecule has 0 saturated carbocycles. The minimum absolute atomic E-state index is 0.192. The van der Waals surface area contributed by atoms with Gasteiger partial charge in [0.05, 0.1) is 0 Å². The average Bonchev–Trinajstić information content (AvgIpc) is 2.29. The molecule has 0 fully saturated rings. The predicted octanol–water partition coefficient (Wildman–Crippen LogP) is 0.930. The summed E-state index contributed by atoms with van der Waals surface area (Å²) < 4.78 is 5.77. The number of carbonyl (C=O) groups is 1. The van der Waals surface area contributed by atoms with Crippen molar-refractivity contribution in [1.29, 1.82) is 0 Å². The van der Waals surface area contributed by atoms with Gasteiger partial charge < -0.3 is 0 Å². The van der Waals surface area contributed by atoms with E-state index in [9.17, 15) is 4.79 Å². The van der Waals surface area contributed by atoms with E-state index >= 15 is 0 Å². The quantitative estimate of drug-likeness (QED) is 0.462. The van der Waals surface area contributed by atoms with Gasteiger partial charge in [-0.1, -0.05) is 0 Å². The molecule has 0 saturated heterocycles. The second kappa shape index (κ2) is 7.11. The molecule has 1 aromatic rings. The third-order valence-electron chi connectivity index (χ3n) is 1.67. The van der Waals surface area contributed by atoms with Crippen LogP contribution in [0.3, 0.4) is 0 Å². The van der Waals surface area contributed by atoms with E-state index < -0.39 is 0 Å². The molecule has 0 radical (unpaired) electrons. The maximum atomic E-state index is 10.8. The van der Waals surface area contributed by atoms with Crippen LogP contribution in [-0.4, -0.2) is 28.0 Å². The minimum atomic E-state index is -0.198. The Labute approximate surface area is 96.2 Å². The molecule has 15 heavy (non-hydrogen) atoms. The Morgan fingerprint density at radius 3 is 2.80 bits per heavy atom. The molecule has 3 heteroatoms. The van der Waals surface area contributed by atoms with E-state index in [1.54, 1.807) is 0 Å². The van der Waals surface area contributed by atoms with Gasteiger partial charge in [0.2, 0.25) is 0 Å². The van der Waals surface area contributed by atoms with Gasteiger partial charge in [-0.15, -0.1) is 0 Å². The van der Waals surface area contributed by atoms with Crippen molar-refractivity contribution >= 4 is 25.4 Å². The van der Waals surface area contributed by atoms with Crippen LogP contribution in [0.15, 0.2) is 30.3 Å². The Bertz CT molecular complexity index is 362. The van der Waals surface area contributed by atoms with E-state index in [4.69, 9.17) is 0 Å². The first kappa shape index (κ1) is 11.8. The first-order valence-corrected chi connectivity index (χ1v) is 6.31. The molecular formula is C12H12O2Se. The van der Waals surface area contributed by atoms with Crippen LogP contribution in [0.4, 0.5) is 0 Å². The Morgan fingerprint density at radius 2 is 2.13 bits per heavy atom. The van der Waals surface area contributed by atoms with Crippen LogP contribution in [0.2, 0.25) is 0 Å². The van der Waals surface area contributed by atoms with Crippen molar-refractivity contribution in [2.45, 2.75) is 12.8 Å². The molecule has 78 valence electrons. The Morgan fingerprint density at radius 1 is 1.40 bits per heavy atom. The molecule has 2 nitrogen and oxygen atoms in total. The van der Waals surface area contributed by atoms with Gasteiger partial charge in [-0.05, 0) is 0 Å². The predicted molar refractivity (Wildman–Crippen MR) is 60.9 cm³/mol. The molecule has 0 aliphatic rings. The van der Waals surface area contributed by atoms with Crippen LogP contribution in [-0.2, 0) is 9.53 Å². The number of carbonyl (C=O) groups excluding carboxylic acids is 1. The summed E-state index contributed by atoms with van der Waals surface area (Å²) in [4.78, 5) is 13.8. The Hall–Kier alpha value is -1.23. The molecule has 0 spiro atoms. The van der Waals surface area contributed by atoms with Crippen molar-refractivity contribution < 1.29 is 9.53 Å². The molecule has 1 aromatic carbocycles. The number of benzene rings is 1. The van der Waals surface area contributed by atoms with Gasteiger partial charge >= 0.3 is 95.9 Å². The van der Waals surface area contributed by atoms with Gasteiger partial charge in [-0.3, -0.25) is 0 Å². The van der Waals surface area contributed by atoms with Crippen LogP contribution >= 0.6 is 0 Å². The van der Waals surface area contributed by atoms with Gasteiger partial charge in [0.25, 0.3) is 0 Å². The second-order valence-electron chi connectivity index (χ2n) is 2.77. The molecule has 0 unspecified atom stereocenters. The molecular weight excluding hydrogens is 255 g/mol. The molecule has 1 rings (SSSR count). The van der Waals surface area contributed by atoms with Crippen molar-refractivity contribution in [1.82, 2.24) is 0 Å². The number of esters is 1. The van der Waals surface area contributed by atoms with E-state index in [1.165, 1.54) is 11.6 Å². The zero-order chi connectivity index (χ0) is 10.9. The first-order chi connectivity index (χ1) is 7.33. The van der Waals surface area contributed by atoms with E-state index in [0.717, 1.165) is 0 Å². The van der Waals surface area contributed by atoms with Gasteiger partial charge in [0.15, 0.2) is 0 Å². The Balaban J connectivity index is 2.26. The molecule has 0 aliphatic carbocycles. The number of hydrogen-bond acceptors (Lipinski definition) is 2. The van der Waals surface area contributed by atoms with Crippen LogP contribution in [0.1, 0.15) is 12.8 Å². The molecule has 0 bridgehead atoms. The zero-order valence-electron chi connectivity index (χ0n) is 8.53. The standard InChI is InChI=1S/C12H12O2Se/c1-14-12(13)9-5-6-10-15-11-7-3-2-4-8-11/h2-4,7-8H,5,9H2,1H3. The summed E-state index contributed by atoms with van der Waals surface area (Å²) in [5.41, 5.74) is 0. The van der Waals surface area contributed by atoms with Crippen molar-refractivity contribution in [3.63, 3.8) is 0 Å². The molecule has 0 heterocycles. The number of rotatable bonds is 3. The summed E-state index contributed by atoms with van der Waals surface area (Å²) in [5, 5.41) is 0. The summed E-state index contributed by atoms with van der Waals surface area (Å²) in [6.45, 7) is 0.